The molecule has 0 saturated carbocycles. The monoisotopic (exact) mass is 265 g/mol. The molecule has 0 spiro atoms. The fourth-order valence-corrected chi connectivity index (χ4v) is 2.32. The Morgan fingerprint density at radius 3 is 2.84 bits per heavy atom. The number of amides is 2. The standard InChI is InChI=1S/C12H19N5O2/c1-2-3-8-9(13)10(16-15-8)12(19)17-5-4-7(6-17)11(14)18/h7H,2-6,13H2,1H3,(H2,14,18)(H,15,16). The van der Waals surface area contributed by atoms with Gasteiger partial charge >= 0.3 is 0 Å². The van der Waals surface area contributed by atoms with Gasteiger partial charge in [-0.25, -0.2) is 0 Å². The van der Waals surface area contributed by atoms with Gasteiger partial charge in [-0.1, -0.05) is 13.3 Å². The van der Waals surface area contributed by atoms with Gasteiger partial charge < -0.3 is 16.4 Å². The van der Waals surface area contributed by atoms with Gasteiger partial charge in [-0.05, 0) is 12.8 Å². The van der Waals surface area contributed by atoms with Crippen molar-refractivity contribution >= 4 is 17.5 Å². The fourth-order valence-electron chi connectivity index (χ4n) is 2.32. The first-order valence-corrected chi connectivity index (χ1v) is 6.45. The number of aromatic amines is 1. The van der Waals surface area contributed by atoms with Gasteiger partial charge in [-0.15, -0.1) is 0 Å². The maximum absolute atomic E-state index is 12.3. The largest absolute Gasteiger partial charge is 0.395 e. The van der Waals surface area contributed by atoms with Crippen LogP contribution in [0.1, 0.15) is 35.9 Å². The lowest BCUT2D eigenvalue weighted by molar-refractivity contribution is -0.121. The number of anilines is 1. The van der Waals surface area contributed by atoms with E-state index in [1.54, 1.807) is 4.90 Å². The van der Waals surface area contributed by atoms with Crippen molar-refractivity contribution in [2.75, 3.05) is 18.8 Å². The third kappa shape index (κ3) is 2.54. The van der Waals surface area contributed by atoms with E-state index >= 15 is 0 Å². The van der Waals surface area contributed by atoms with E-state index in [9.17, 15) is 9.59 Å². The molecule has 1 aliphatic heterocycles. The maximum atomic E-state index is 12.3. The number of carbonyl (C=O) groups is 2. The molecule has 0 radical (unpaired) electrons. The number of aryl methyl sites for hydroxylation is 1. The Labute approximate surface area is 111 Å². The number of hydrogen-bond acceptors (Lipinski definition) is 4. The smallest absolute Gasteiger partial charge is 0.276 e. The summed E-state index contributed by atoms with van der Waals surface area (Å²) < 4.78 is 0. The topological polar surface area (TPSA) is 118 Å². The van der Waals surface area contributed by atoms with Gasteiger partial charge in [0.1, 0.15) is 0 Å². The van der Waals surface area contributed by atoms with E-state index in [0.29, 0.717) is 25.2 Å². The maximum Gasteiger partial charge on any atom is 0.276 e. The van der Waals surface area contributed by atoms with Gasteiger partial charge in [0.15, 0.2) is 5.69 Å². The number of nitrogens with zero attached hydrogens (tertiary/aromatic N) is 2. The number of carbonyl (C=O) groups excluding carboxylic acids is 2. The van der Waals surface area contributed by atoms with Crippen molar-refractivity contribution < 1.29 is 9.59 Å². The molecular weight excluding hydrogens is 246 g/mol. The Bertz CT molecular complexity index is 496. The van der Waals surface area contributed by atoms with Crippen LogP contribution in [0.15, 0.2) is 0 Å². The third-order valence-corrected chi connectivity index (χ3v) is 3.46. The zero-order valence-electron chi connectivity index (χ0n) is 11.0. The van der Waals surface area contributed by atoms with Crippen LogP contribution in [-0.4, -0.2) is 40.0 Å². The molecule has 1 saturated heterocycles. The summed E-state index contributed by atoms with van der Waals surface area (Å²) in [7, 11) is 0. The van der Waals surface area contributed by atoms with Gasteiger partial charge in [-0.2, -0.15) is 5.10 Å². The van der Waals surface area contributed by atoms with E-state index in [4.69, 9.17) is 11.5 Å². The van der Waals surface area contributed by atoms with E-state index < -0.39 is 0 Å². The highest BCUT2D eigenvalue weighted by Gasteiger charge is 2.32. The van der Waals surface area contributed by atoms with Crippen molar-refractivity contribution in [3.63, 3.8) is 0 Å². The number of likely N-dealkylation sites (tertiary alicyclic amines) is 1. The van der Waals surface area contributed by atoms with Gasteiger partial charge in [0.2, 0.25) is 5.91 Å². The molecule has 7 heteroatoms. The van der Waals surface area contributed by atoms with Crippen molar-refractivity contribution in [1.29, 1.82) is 0 Å². The SMILES string of the molecule is CCCc1[nH]nc(C(=O)N2CCC(C(N)=O)C2)c1N. The molecule has 2 heterocycles. The minimum Gasteiger partial charge on any atom is -0.395 e. The summed E-state index contributed by atoms with van der Waals surface area (Å²) in [5.74, 6) is -0.865. The molecular formula is C12H19N5O2. The van der Waals surface area contributed by atoms with Crippen molar-refractivity contribution in [1.82, 2.24) is 15.1 Å². The average molecular weight is 265 g/mol. The Balaban J connectivity index is 2.10. The number of nitrogens with two attached hydrogens (primary N) is 2. The highest BCUT2D eigenvalue weighted by atomic mass is 16.2. The first-order valence-electron chi connectivity index (χ1n) is 6.45. The summed E-state index contributed by atoms with van der Waals surface area (Å²) in [4.78, 5) is 24.9. The molecule has 1 aliphatic rings. The van der Waals surface area contributed by atoms with Crippen LogP contribution >= 0.6 is 0 Å². The van der Waals surface area contributed by atoms with Gasteiger partial charge in [0, 0.05) is 13.1 Å². The summed E-state index contributed by atoms with van der Waals surface area (Å²) >= 11 is 0. The van der Waals surface area contributed by atoms with Crippen LogP contribution < -0.4 is 11.5 Å². The summed E-state index contributed by atoms with van der Waals surface area (Å²) in [6.45, 7) is 2.89. The summed E-state index contributed by atoms with van der Waals surface area (Å²) in [5.41, 5.74) is 12.6. The number of H-pyrrole nitrogens is 1. The molecule has 104 valence electrons. The number of nitrogen functional groups attached to an aromatic ring is 1. The molecule has 1 fully saturated rings. The molecule has 0 aromatic carbocycles. The summed E-state index contributed by atoms with van der Waals surface area (Å²) in [6, 6.07) is 0. The van der Waals surface area contributed by atoms with Crippen LogP contribution in [0.5, 0.6) is 0 Å². The molecule has 1 unspecified atom stereocenters. The predicted octanol–water partition coefficient (Wildman–Crippen LogP) is -0.108. The van der Waals surface area contributed by atoms with Crippen LogP contribution in [0.25, 0.3) is 0 Å². The quantitative estimate of drug-likeness (QED) is 0.704. The van der Waals surface area contributed by atoms with Crippen molar-refractivity contribution in [2.24, 2.45) is 11.7 Å². The van der Waals surface area contributed by atoms with E-state index in [-0.39, 0.29) is 23.4 Å². The van der Waals surface area contributed by atoms with E-state index in [1.165, 1.54) is 0 Å². The highest BCUT2D eigenvalue weighted by molar-refractivity contribution is 5.98. The van der Waals surface area contributed by atoms with Crippen molar-refractivity contribution in [3.05, 3.63) is 11.4 Å². The second-order valence-corrected chi connectivity index (χ2v) is 4.85. The van der Waals surface area contributed by atoms with Crippen LogP contribution in [0.2, 0.25) is 0 Å². The Hall–Kier alpha value is -2.05. The molecule has 1 aromatic rings. The van der Waals surface area contributed by atoms with Crippen molar-refractivity contribution in [3.8, 4) is 0 Å². The van der Waals surface area contributed by atoms with Gasteiger partial charge in [0.25, 0.3) is 5.91 Å². The zero-order chi connectivity index (χ0) is 14.0. The fraction of sp³-hybridized carbons (Fsp3) is 0.583. The molecule has 2 rings (SSSR count). The Morgan fingerprint density at radius 2 is 2.26 bits per heavy atom. The normalized spacial score (nSPS) is 18.8. The third-order valence-electron chi connectivity index (χ3n) is 3.46. The first-order chi connectivity index (χ1) is 9.04. The number of primary amides is 1. The Kier molecular flexibility index (Phi) is 3.73. The molecule has 19 heavy (non-hydrogen) atoms. The lowest BCUT2D eigenvalue weighted by atomic mass is 10.1. The Morgan fingerprint density at radius 1 is 1.53 bits per heavy atom. The highest BCUT2D eigenvalue weighted by Crippen LogP contribution is 2.22. The molecule has 2 amide bonds. The minimum absolute atomic E-state index is 0.236. The van der Waals surface area contributed by atoms with Crippen LogP contribution in [0.4, 0.5) is 5.69 Å². The van der Waals surface area contributed by atoms with Crippen LogP contribution in [-0.2, 0) is 11.2 Å². The number of hydrogen-bond donors (Lipinski definition) is 3. The zero-order valence-corrected chi connectivity index (χ0v) is 11.0. The lowest BCUT2D eigenvalue weighted by Gasteiger charge is -2.14. The molecule has 7 nitrogen and oxygen atoms in total. The minimum atomic E-state index is -0.364. The van der Waals surface area contributed by atoms with Gasteiger partial charge in [-0.3, -0.25) is 14.7 Å². The second-order valence-electron chi connectivity index (χ2n) is 4.85. The van der Waals surface area contributed by atoms with Crippen molar-refractivity contribution in [2.45, 2.75) is 26.2 Å². The van der Waals surface area contributed by atoms with E-state index in [0.717, 1.165) is 18.5 Å². The lowest BCUT2D eigenvalue weighted by Crippen LogP contribution is -2.32. The summed E-state index contributed by atoms with van der Waals surface area (Å²) in [5, 5.41) is 6.79. The van der Waals surface area contributed by atoms with Crippen LogP contribution in [0, 0.1) is 5.92 Å². The summed E-state index contributed by atoms with van der Waals surface area (Å²) in [6.07, 6.45) is 2.29. The molecule has 1 aromatic heterocycles. The van der Waals surface area contributed by atoms with E-state index in [1.807, 2.05) is 6.92 Å². The molecule has 5 N–H and O–H groups in total. The first kappa shape index (κ1) is 13.4. The average Bonchev–Trinajstić information content (AvgIpc) is 2.98. The molecule has 1 atom stereocenters. The van der Waals surface area contributed by atoms with E-state index in [2.05, 4.69) is 10.2 Å². The number of nitrogens with one attached hydrogen (secondary N) is 1. The predicted molar refractivity (Wildman–Crippen MR) is 70.2 cm³/mol. The van der Waals surface area contributed by atoms with Crippen LogP contribution in [0.3, 0.4) is 0 Å². The van der Waals surface area contributed by atoms with Gasteiger partial charge in [0.05, 0.1) is 17.3 Å². The molecule has 0 bridgehead atoms. The second kappa shape index (κ2) is 5.29. The number of rotatable bonds is 4. The molecule has 0 aliphatic carbocycles. The number of aromatic nitrogens is 2.